The summed E-state index contributed by atoms with van der Waals surface area (Å²) in [6.07, 6.45) is 1.42. The molecule has 0 bridgehead atoms. The molecule has 0 unspecified atom stereocenters. The summed E-state index contributed by atoms with van der Waals surface area (Å²) in [5, 5.41) is 11.2. The zero-order valence-electron chi connectivity index (χ0n) is 10.6. The Kier molecular flexibility index (Phi) is 5.11. The molecule has 7 heteroatoms. The van der Waals surface area contributed by atoms with E-state index in [1.807, 2.05) is 0 Å². The molecule has 0 saturated heterocycles. The molecule has 1 rings (SSSR count). The van der Waals surface area contributed by atoms with Crippen LogP contribution in [-0.4, -0.2) is 36.1 Å². The van der Waals surface area contributed by atoms with Crippen molar-refractivity contribution < 1.29 is 28.6 Å². The zero-order valence-corrected chi connectivity index (χ0v) is 10.6. The second kappa shape index (κ2) is 6.58. The predicted molar refractivity (Wildman–Crippen MR) is 63.6 cm³/mol. The molecule has 0 spiro atoms. The van der Waals surface area contributed by atoms with E-state index in [2.05, 4.69) is 10.1 Å². The number of carbonyl (C=O) groups is 3. The second-order valence-corrected chi connectivity index (χ2v) is 3.76. The Morgan fingerprint density at radius 1 is 1.47 bits per heavy atom. The number of aryl methyl sites for hydroxylation is 1. The SMILES string of the molecule is CCc1occc1C(=O)N[C@@H](CC(=O)OC)C(=O)O. The molecule has 0 saturated carbocycles. The highest BCUT2D eigenvalue weighted by Crippen LogP contribution is 2.11. The standard InChI is InChI=1S/C12H15NO6/c1-3-9-7(4-5-19-9)11(15)13-8(12(16)17)6-10(14)18-2/h4-5,8H,3,6H2,1-2H3,(H,13,15)(H,16,17)/t8-/m0/s1. The van der Waals surface area contributed by atoms with Gasteiger partial charge in [-0.1, -0.05) is 6.92 Å². The van der Waals surface area contributed by atoms with Crippen LogP contribution in [0.25, 0.3) is 0 Å². The van der Waals surface area contributed by atoms with Crippen molar-refractivity contribution in [2.24, 2.45) is 0 Å². The van der Waals surface area contributed by atoms with Gasteiger partial charge in [0.25, 0.3) is 5.91 Å². The fraction of sp³-hybridized carbons (Fsp3) is 0.417. The first-order valence-electron chi connectivity index (χ1n) is 5.66. The van der Waals surface area contributed by atoms with Crippen molar-refractivity contribution in [1.29, 1.82) is 0 Å². The predicted octanol–water partition coefficient (Wildman–Crippen LogP) is 0.588. The molecular weight excluding hydrogens is 254 g/mol. The number of methoxy groups -OCH3 is 1. The topological polar surface area (TPSA) is 106 Å². The van der Waals surface area contributed by atoms with Gasteiger partial charge in [0.05, 0.1) is 25.4 Å². The molecule has 0 aromatic carbocycles. The van der Waals surface area contributed by atoms with Crippen LogP contribution in [0, 0.1) is 0 Å². The summed E-state index contributed by atoms with van der Waals surface area (Å²) < 4.78 is 9.46. The fourth-order valence-electron chi connectivity index (χ4n) is 1.50. The first-order valence-corrected chi connectivity index (χ1v) is 5.66. The number of carboxylic acids is 1. The van der Waals surface area contributed by atoms with E-state index in [-0.39, 0.29) is 5.56 Å². The van der Waals surface area contributed by atoms with Crippen LogP contribution in [0.1, 0.15) is 29.5 Å². The third-order valence-corrected chi connectivity index (χ3v) is 2.51. The molecule has 1 atom stereocenters. The van der Waals surface area contributed by atoms with Crippen molar-refractivity contribution in [3.8, 4) is 0 Å². The van der Waals surface area contributed by atoms with E-state index < -0.39 is 30.3 Å². The molecule has 0 aliphatic heterocycles. The number of carbonyl (C=O) groups excluding carboxylic acids is 2. The zero-order chi connectivity index (χ0) is 14.4. The highest BCUT2D eigenvalue weighted by atomic mass is 16.5. The van der Waals surface area contributed by atoms with Gasteiger partial charge in [-0.3, -0.25) is 9.59 Å². The van der Waals surface area contributed by atoms with Crippen LogP contribution in [0.15, 0.2) is 16.7 Å². The Labute approximate surface area is 109 Å². The van der Waals surface area contributed by atoms with Crippen molar-refractivity contribution in [2.75, 3.05) is 7.11 Å². The molecule has 1 aromatic rings. The van der Waals surface area contributed by atoms with Gasteiger partial charge < -0.3 is 19.6 Å². The number of esters is 1. The summed E-state index contributed by atoms with van der Waals surface area (Å²) >= 11 is 0. The number of nitrogens with one attached hydrogen (secondary N) is 1. The largest absolute Gasteiger partial charge is 0.480 e. The van der Waals surface area contributed by atoms with E-state index in [0.29, 0.717) is 12.2 Å². The average Bonchev–Trinajstić information content (AvgIpc) is 2.85. The summed E-state index contributed by atoms with van der Waals surface area (Å²) in [7, 11) is 1.15. The number of hydrogen-bond donors (Lipinski definition) is 2. The third-order valence-electron chi connectivity index (χ3n) is 2.51. The maximum atomic E-state index is 11.9. The average molecular weight is 269 g/mol. The minimum absolute atomic E-state index is 0.263. The van der Waals surface area contributed by atoms with Crippen LogP contribution >= 0.6 is 0 Å². The first-order chi connectivity index (χ1) is 8.99. The lowest BCUT2D eigenvalue weighted by Gasteiger charge is -2.13. The van der Waals surface area contributed by atoms with E-state index in [1.165, 1.54) is 12.3 Å². The molecule has 1 amide bonds. The van der Waals surface area contributed by atoms with Crippen molar-refractivity contribution in [2.45, 2.75) is 25.8 Å². The number of carboxylic acid groups (broad SMARTS) is 1. The molecule has 0 fully saturated rings. The number of hydrogen-bond acceptors (Lipinski definition) is 5. The van der Waals surface area contributed by atoms with Crippen molar-refractivity contribution in [3.63, 3.8) is 0 Å². The van der Waals surface area contributed by atoms with Gasteiger partial charge in [-0.05, 0) is 6.07 Å². The van der Waals surface area contributed by atoms with E-state index >= 15 is 0 Å². The minimum Gasteiger partial charge on any atom is -0.480 e. The summed E-state index contributed by atoms with van der Waals surface area (Å²) in [6.45, 7) is 1.80. The van der Waals surface area contributed by atoms with E-state index in [1.54, 1.807) is 6.92 Å². The molecule has 104 valence electrons. The van der Waals surface area contributed by atoms with Gasteiger partial charge in [-0.25, -0.2) is 4.79 Å². The van der Waals surface area contributed by atoms with Crippen LogP contribution in [0.5, 0.6) is 0 Å². The van der Waals surface area contributed by atoms with Crippen molar-refractivity contribution in [3.05, 3.63) is 23.7 Å². The van der Waals surface area contributed by atoms with Gasteiger partial charge in [0.2, 0.25) is 0 Å². The lowest BCUT2D eigenvalue weighted by atomic mass is 10.1. The third kappa shape index (κ3) is 3.84. The summed E-state index contributed by atoms with van der Waals surface area (Å²) in [6, 6.07) is 0.116. The monoisotopic (exact) mass is 269 g/mol. The highest BCUT2D eigenvalue weighted by Gasteiger charge is 2.25. The van der Waals surface area contributed by atoms with Crippen LogP contribution in [-0.2, 0) is 20.7 Å². The van der Waals surface area contributed by atoms with Gasteiger partial charge in [-0.15, -0.1) is 0 Å². The van der Waals surface area contributed by atoms with Crippen LogP contribution in [0.4, 0.5) is 0 Å². The first kappa shape index (κ1) is 14.7. The molecule has 0 aliphatic rings. The van der Waals surface area contributed by atoms with Gasteiger partial charge in [0.1, 0.15) is 11.8 Å². The Hall–Kier alpha value is -2.31. The Morgan fingerprint density at radius 2 is 2.16 bits per heavy atom. The van der Waals surface area contributed by atoms with Gasteiger partial charge in [-0.2, -0.15) is 0 Å². The summed E-state index contributed by atoms with van der Waals surface area (Å²) in [5.41, 5.74) is 0.263. The Balaban J connectivity index is 2.77. The second-order valence-electron chi connectivity index (χ2n) is 3.76. The molecule has 0 aliphatic carbocycles. The van der Waals surface area contributed by atoms with Gasteiger partial charge >= 0.3 is 11.9 Å². The normalized spacial score (nSPS) is 11.7. The number of ether oxygens (including phenoxy) is 1. The number of furan rings is 1. The fourth-order valence-corrected chi connectivity index (χ4v) is 1.50. The van der Waals surface area contributed by atoms with Crippen LogP contribution in [0.3, 0.4) is 0 Å². The van der Waals surface area contributed by atoms with Crippen molar-refractivity contribution >= 4 is 17.8 Å². The van der Waals surface area contributed by atoms with Crippen molar-refractivity contribution in [1.82, 2.24) is 5.32 Å². The van der Waals surface area contributed by atoms with Gasteiger partial charge in [0, 0.05) is 6.42 Å². The number of rotatable bonds is 6. The lowest BCUT2D eigenvalue weighted by molar-refractivity contribution is -0.147. The van der Waals surface area contributed by atoms with Crippen LogP contribution in [0.2, 0.25) is 0 Å². The molecule has 19 heavy (non-hydrogen) atoms. The maximum absolute atomic E-state index is 11.9. The summed E-state index contributed by atoms with van der Waals surface area (Å²) in [5.74, 6) is -2.16. The quantitative estimate of drug-likeness (QED) is 0.732. The van der Waals surface area contributed by atoms with E-state index in [4.69, 9.17) is 9.52 Å². The molecule has 7 nitrogen and oxygen atoms in total. The maximum Gasteiger partial charge on any atom is 0.326 e. The molecule has 2 N–H and O–H groups in total. The van der Waals surface area contributed by atoms with E-state index in [9.17, 15) is 14.4 Å². The number of amides is 1. The van der Waals surface area contributed by atoms with E-state index in [0.717, 1.165) is 7.11 Å². The molecular formula is C12H15NO6. The van der Waals surface area contributed by atoms with Gasteiger partial charge in [0.15, 0.2) is 0 Å². The van der Waals surface area contributed by atoms with Crippen LogP contribution < -0.4 is 5.32 Å². The summed E-state index contributed by atoms with van der Waals surface area (Å²) in [4.78, 5) is 33.9. The lowest BCUT2D eigenvalue weighted by Crippen LogP contribution is -2.42. The molecule has 0 radical (unpaired) electrons. The Bertz CT molecular complexity index is 478. The molecule has 1 aromatic heterocycles. The highest BCUT2D eigenvalue weighted by molar-refractivity contribution is 5.98. The minimum atomic E-state index is -1.33. The molecule has 1 heterocycles. The number of aliphatic carboxylic acids is 1. The smallest absolute Gasteiger partial charge is 0.326 e. The Morgan fingerprint density at radius 3 is 2.68 bits per heavy atom.